The maximum Gasteiger partial charge on any atom is -0.0381 e. The molecule has 2 rings (SSSR count). The van der Waals surface area contributed by atoms with E-state index < -0.39 is 0 Å². The highest BCUT2D eigenvalue weighted by molar-refractivity contribution is 4.84. The van der Waals surface area contributed by atoms with Crippen LogP contribution in [0, 0.1) is 29.6 Å². The molecule has 2 aliphatic carbocycles. The maximum atomic E-state index is 2.48. The first kappa shape index (κ1) is 10.5. The Morgan fingerprint density at radius 2 is 1.36 bits per heavy atom. The van der Waals surface area contributed by atoms with Gasteiger partial charge in [-0.3, -0.25) is 0 Å². The zero-order chi connectivity index (χ0) is 10.1. The van der Waals surface area contributed by atoms with Crippen LogP contribution < -0.4 is 0 Å². The Morgan fingerprint density at radius 1 is 0.643 bits per heavy atom. The summed E-state index contributed by atoms with van der Waals surface area (Å²) in [6, 6.07) is 0. The molecule has 0 aromatic rings. The standard InChI is InChI=1S/C14H26/c1-10-4-6-13-7-5-11(2)12(3)9-14(13)8-10/h10-14H,4-9H2,1-3H3. The van der Waals surface area contributed by atoms with E-state index in [4.69, 9.17) is 0 Å². The van der Waals surface area contributed by atoms with Crippen LogP contribution in [-0.2, 0) is 0 Å². The lowest BCUT2D eigenvalue weighted by Crippen LogP contribution is -2.23. The highest BCUT2D eigenvalue weighted by Gasteiger charge is 2.33. The molecule has 0 heterocycles. The Hall–Kier alpha value is 0. The van der Waals surface area contributed by atoms with Gasteiger partial charge in [0.05, 0.1) is 0 Å². The van der Waals surface area contributed by atoms with E-state index in [9.17, 15) is 0 Å². The van der Waals surface area contributed by atoms with Crippen LogP contribution in [0.15, 0.2) is 0 Å². The summed E-state index contributed by atoms with van der Waals surface area (Å²) in [6.07, 6.45) is 9.12. The zero-order valence-electron chi connectivity index (χ0n) is 10.1. The van der Waals surface area contributed by atoms with Gasteiger partial charge in [0, 0.05) is 0 Å². The second-order valence-corrected chi connectivity index (χ2v) is 6.21. The molecule has 0 nitrogen and oxygen atoms in total. The third-order valence-corrected chi connectivity index (χ3v) is 5.04. The Bertz CT molecular complexity index is 184. The first-order valence-corrected chi connectivity index (χ1v) is 6.66. The fraction of sp³-hybridized carbons (Fsp3) is 1.00. The molecule has 0 saturated heterocycles. The minimum absolute atomic E-state index is 0.982. The van der Waals surface area contributed by atoms with Crippen molar-refractivity contribution >= 4 is 0 Å². The first-order chi connectivity index (χ1) is 6.66. The van der Waals surface area contributed by atoms with E-state index in [1.807, 2.05) is 0 Å². The number of rotatable bonds is 0. The van der Waals surface area contributed by atoms with E-state index in [1.165, 1.54) is 38.5 Å². The van der Waals surface area contributed by atoms with Crippen LogP contribution in [-0.4, -0.2) is 0 Å². The molecule has 0 N–H and O–H groups in total. The van der Waals surface area contributed by atoms with Gasteiger partial charge in [-0.15, -0.1) is 0 Å². The molecule has 0 spiro atoms. The summed E-state index contributed by atoms with van der Waals surface area (Å²) < 4.78 is 0. The average Bonchev–Trinajstić information content (AvgIpc) is 2.27. The topological polar surface area (TPSA) is 0 Å². The summed E-state index contributed by atoms with van der Waals surface area (Å²) in [7, 11) is 0. The Morgan fingerprint density at radius 3 is 2.14 bits per heavy atom. The van der Waals surface area contributed by atoms with Crippen molar-refractivity contribution in [2.24, 2.45) is 29.6 Å². The van der Waals surface area contributed by atoms with Gasteiger partial charge in [0.15, 0.2) is 0 Å². The van der Waals surface area contributed by atoms with Gasteiger partial charge in [-0.05, 0) is 55.3 Å². The predicted octanol–water partition coefficient (Wildman–Crippen LogP) is 4.49. The summed E-state index contributed by atoms with van der Waals surface area (Å²) >= 11 is 0. The monoisotopic (exact) mass is 194 g/mol. The van der Waals surface area contributed by atoms with Crippen molar-refractivity contribution in [3.05, 3.63) is 0 Å². The fourth-order valence-electron chi connectivity index (χ4n) is 3.70. The maximum absolute atomic E-state index is 2.48. The molecule has 5 atom stereocenters. The smallest absolute Gasteiger partial charge is 0.0381 e. The SMILES string of the molecule is CC1CCC2CCC(C)C(C)CC2C1. The van der Waals surface area contributed by atoms with Gasteiger partial charge in [-0.25, -0.2) is 0 Å². The lowest BCUT2D eigenvalue weighted by Gasteiger charge is -2.34. The first-order valence-electron chi connectivity index (χ1n) is 6.66. The minimum atomic E-state index is 0.982. The van der Waals surface area contributed by atoms with Gasteiger partial charge in [-0.2, -0.15) is 0 Å². The Kier molecular flexibility index (Phi) is 3.19. The van der Waals surface area contributed by atoms with Crippen LogP contribution in [0.1, 0.15) is 59.3 Å². The van der Waals surface area contributed by atoms with Gasteiger partial charge >= 0.3 is 0 Å². The van der Waals surface area contributed by atoms with Crippen LogP contribution in [0.4, 0.5) is 0 Å². The Labute approximate surface area is 89.5 Å². The van der Waals surface area contributed by atoms with Crippen LogP contribution in [0.3, 0.4) is 0 Å². The fourth-order valence-corrected chi connectivity index (χ4v) is 3.70. The Balaban J connectivity index is 2.01. The van der Waals surface area contributed by atoms with Gasteiger partial charge in [0.1, 0.15) is 0 Å². The van der Waals surface area contributed by atoms with Gasteiger partial charge in [0.25, 0.3) is 0 Å². The van der Waals surface area contributed by atoms with Crippen molar-refractivity contribution in [1.29, 1.82) is 0 Å². The highest BCUT2D eigenvalue weighted by Crippen LogP contribution is 2.44. The summed E-state index contributed by atoms with van der Waals surface area (Å²) in [6.45, 7) is 7.40. The lowest BCUT2D eigenvalue weighted by molar-refractivity contribution is 0.168. The molecular formula is C14H26. The van der Waals surface area contributed by atoms with Gasteiger partial charge in [0.2, 0.25) is 0 Å². The van der Waals surface area contributed by atoms with Crippen LogP contribution in [0.5, 0.6) is 0 Å². The van der Waals surface area contributed by atoms with Crippen molar-refractivity contribution in [2.45, 2.75) is 59.3 Å². The zero-order valence-corrected chi connectivity index (χ0v) is 10.1. The molecule has 0 aromatic carbocycles. The average molecular weight is 194 g/mol. The van der Waals surface area contributed by atoms with Crippen molar-refractivity contribution in [3.8, 4) is 0 Å². The summed E-state index contributed by atoms with van der Waals surface area (Å²) in [5.74, 6) is 5.15. The van der Waals surface area contributed by atoms with Gasteiger partial charge in [-0.1, -0.05) is 33.6 Å². The molecule has 0 amide bonds. The minimum Gasteiger partial charge on any atom is -0.0625 e. The quantitative estimate of drug-likeness (QED) is 0.533. The summed E-state index contributed by atoms with van der Waals surface area (Å²) in [4.78, 5) is 0. The van der Waals surface area contributed by atoms with Crippen molar-refractivity contribution in [2.75, 3.05) is 0 Å². The van der Waals surface area contributed by atoms with E-state index in [0.717, 1.165) is 29.6 Å². The predicted molar refractivity (Wildman–Crippen MR) is 62.2 cm³/mol. The molecule has 2 fully saturated rings. The second-order valence-electron chi connectivity index (χ2n) is 6.21. The van der Waals surface area contributed by atoms with E-state index in [1.54, 1.807) is 0 Å². The van der Waals surface area contributed by atoms with E-state index in [2.05, 4.69) is 20.8 Å². The summed E-state index contributed by atoms with van der Waals surface area (Å²) in [5, 5.41) is 0. The van der Waals surface area contributed by atoms with Crippen LogP contribution in [0.25, 0.3) is 0 Å². The van der Waals surface area contributed by atoms with E-state index >= 15 is 0 Å². The number of fused-ring (bicyclic) bond motifs is 1. The molecule has 0 bridgehead atoms. The second kappa shape index (κ2) is 4.24. The molecular weight excluding hydrogens is 168 g/mol. The van der Waals surface area contributed by atoms with Crippen molar-refractivity contribution < 1.29 is 0 Å². The molecule has 0 aliphatic heterocycles. The van der Waals surface area contributed by atoms with Crippen molar-refractivity contribution in [1.82, 2.24) is 0 Å². The van der Waals surface area contributed by atoms with E-state index in [-0.39, 0.29) is 0 Å². The molecule has 2 aliphatic rings. The third-order valence-electron chi connectivity index (χ3n) is 5.04. The lowest BCUT2D eigenvalue weighted by atomic mass is 9.72. The molecule has 14 heavy (non-hydrogen) atoms. The van der Waals surface area contributed by atoms with Crippen LogP contribution in [0.2, 0.25) is 0 Å². The molecule has 82 valence electrons. The van der Waals surface area contributed by atoms with E-state index in [0.29, 0.717) is 0 Å². The van der Waals surface area contributed by atoms with Crippen LogP contribution >= 0.6 is 0 Å². The molecule has 5 unspecified atom stereocenters. The number of hydrogen-bond acceptors (Lipinski definition) is 0. The molecule has 0 aromatic heterocycles. The molecule has 0 radical (unpaired) electrons. The molecule has 0 heteroatoms. The normalized spacial score (nSPS) is 49.5. The largest absolute Gasteiger partial charge is 0.0625 e. The van der Waals surface area contributed by atoms with Gasteiger partial charge < -0.3 is 0 Å². The summed E-state index contributed by atoms with van der Waals surface area (Å²) in [5.41, 5.74) is 0. The third kappa shape index (κ3) is 2.15. The molecule has 2 saturated carbocycles. The highest BCUT2D eigenvalue weighted by atomic mass is 14.4. The number of hydrogen-bond donors (Lipinski definition) is 0. The van der Waals surface area contributed by atoms with Crippen molar-refractivity contribution in [3.63, 3.8) is 0 Å².